The van der Waals surface area contributed by atoms with Crippen molar-refractivity contribution in [3.63, 3.8) is 0 Å². The molecule has 5 nitrogen and oxygen atoms in total. The monoisotopic (exact) mass is 211 g/mol. The van der Waals surface area contributed by atoms with Crippen molar-refractivity contribution < 1.29 is 9.53 Å². The number of anilines is 1. The number of rotatable bonds is 5. The van der Waals surface area contributed by atoms with Crippen LogP contribution in [-0.4, -0.2) is 15.5 Å². The van der Waals surface area contributed by atoms with Gasteiger partial charge in [0.2, 0.25) is 11.8 Å². The van der Waals surface area contributed by atoms with Gasteiger partial charge in [-0.25, -0.2) is 0 Å². The molecule has 84 valence electrons. The summed E-state index contributed by atoms with van der Waals surface area (Å²) in [4.78, 5) is 15.2. The molecule has 0 amide bonds. The molecule has 0 saturated carbocycles. The smallest absolute Gasteiger partial charge is 0.312 e. The van der Waals surface area contributed by atoms with E-state index in [0.717, 1.165) is 19.3 Å². The van der Waals surface area contributed by atoms with Crippen molar-refractivity contribution in [3.8, 4) is 5.88 Å². The Morgan fingerprint density at radius 1 is 1.60 bits per heavy atom. The Bertz CT molecular complexity index is 314. The SMILES string of the molecule is CCCCCC(=O)Oc1cn(C)c(N)n1. The van der Waals surface area contributed by atoms with Crippen molar-refractivity contribution in [2.24, 2.45) is 7.05 Å². The number of carbonyl (C=O) groups excluding carboxylic acids is 1. The van der Waals surface area contributed by atoms with E-state index in [0.29, 0.717) is 12.4 Å². The van der Waals surface area contributed by atoms with Crippen molar-refractivity contribution in [2.45, 2.75) is 32.6 Å². The minimum absolute atomic E-state index is 0.249. The van der Waals surface area contributed by atoms with Crippen LogP contribution in [0.2, 0.25) is 0 Å². The van der Waals surface area contributed by atoms with Crippen LogP contribution in [0.25, 0.3) is 0 Å². The number of nitrogens with zero attached hydrogens (tertiary/aromatic N) is 2. The molecule has 5 heteroatoms. The van der Waals surface area contributed by atoms with Gasteiger partial charge in [-0.2, -0.15) is 4.98 Å². The molecule has 0 fully saturated rings. The Kier molecular flexibility index (Phi) is 4.15. The van der Waals surface area contributed by atoms with E-state index in [1.807, 2.05) is 0 Å². The molecule has 2 N–H and O–H groups in total. The number of imidazole rings is 1. The van der Waals surface area contributed by atoms with E-state index in [9.17, 15) is 4.79 Å². The van der Waals surface area contributed by atoms with Crippen LogP contribution in [0.4, 0.5) is 5.95 Å². The lowest BCUT2D eigenvalue weighted by Gasteiger charge is -1.99. The summed E-state index contributed by atoms with van der Waals surface area (Å²) in [7, 11) is 1.75. The van der Waals surface area contributed by atoms with Gasteiger partial charge in [0.1, 0.15) is 0 Å². The lowest BCUT2D eigenvalue weighted by molar-refractivity contribution is -0.134. The second kappa shape index (κ2) is 5.38. The number of hydrogen-bond acceptors (Lipinski definition) is 4. The molecule has 0 atom stereocenters. The van der Waals surface area contributed by atoms with Crippen molar-refractivity contribution in [1.29, 1.82) is 0 Å². The number of aryl methyl sites for hydroxylation is 1. The third kappa shape index (κ3) is 3.61. The fraction of sp³-hybridized carbons (Fsp3) is 0.600. The molecule has 1 rings (SSSR count). The van der Waals surface area contributed by atoms with E-state index in [1.165, 1.54) is 0 Å². The summed E-state index contributed by atoms with van der Waals surface area (Å²) in [5.41, 5.74) is 5.50. The summed E-state index contributed by atoms with van der Waals surface area (Å²) >= 11 is 0. The van der Waals surface area contributed by atoms with Gasteiger partial charge in [-0.1, -0.05) is 19.8 Å². The Labute approximate surface area is 89.2 Å². The maximum absolute atomic E-state index is 11.3. The van der Waals surface area contributed by atoms with Crippen LogP contribution in [0.15, 0.2) is 6.20 Å². The van der Waals surface area contributed by atoms with Crippen LogP contribution in [0.5, 0.6) is 5.88 Å². The molecule has 0 saturated heterocycles. The third-order valence-electron chi connectivity index (χ3n) is 2.09. The zero-order valence-corrected chi connectivity index (χ0v) is 9.19. The quantitative estimate of drug-likeness (QED) is 0.591. The normalized spacial score (nSPS) is 10.3. The highest BCUT2D eigenvalue weighted by atomic mass is 16.5. The molecule has 0 aliphatic carbocycles. The van der Waals surface area contributed by atoms with Gasteiger partial charge in [-0.3, -0.25) is 4.79 Å². The fourth-order valence-electron chi connectivity index (χ4n) is 1.19. The van der Waals surface area contributed by atoms with Crippen molar-refractivity contribution >= 4 is 11.9 Å². The van der Waals surface area contributed by atoms with E-state index in [-0.39, 0.29) is 11.8 Å². The van der Waals surface area contributed by atoms with Crippen LogP contribution in [0.3, 0.4) is 0 Å². The molecule has 15 heavy (non-hydrogen) atoms. The van der Waals surface area contributed by atoms with Crippen LogP contribution in [-0.2, 0) is 11.8 Å². The second-order valence-electron chi connectivity index (χ2n) is 3.48. The number of carbonyl (C=O) groups is 1. The first kappa shape index (κ1) is 11.6. The van der Waals surface area contributed by atoms with Gasteiger partial charge in [0.25, 0.3) is 0 Å². The van der Waals surface area contributed by atoms with Gasteiger partial charge in [0, 0.05) is 13.5 Å². The van der Waals surface area contributed by atoms with Gasteiger partial charge in [-0.05, 0) is 6.42 Å². The first-order valence-electron chi connectivity index (χ1n) is 5.13. The highest BCUT2D eigenvalue weighted by molar-refractivity contribution is 5.71. The average molecular weight is 211 g/mol. The number of aromatic nitrogens is 2. The Morgan fingerprint density at radius 3 is 2.87 bits per heavy atom. The van der Waals surface area contributed by atoms with E-state index in [4.69, 9.17) is 10.5 Å². The van der Waals surface area contributed by atoms with Crippen LogP contribution >= 0.6 is 0 Å². The number of esters is 1. The zero-order valence-electron chi connectivity index (χ0n) is 9.19. The molecule has 0 bridgehead atoms. The number of nitrogen functional groups attached to an aromatic ring is 1. The Hall–Kier alpha value is -1.52. The molecule has 0 aromatic carbocycles. The Balaban J connectivity index is 2.37. The number of unbranched alkanes of at least 4 members (excludes halogenated alkanes) is 2. The number of hydrogen-bond donors (Lipinski definition) is 1. The van der Waals surface area contributed by atoms with Crippen molar-refractivity contribution in [2.75, 3.05) is 5.73 Å². The summed E-state index contributed by atoms with van der Waals surface area (Å²) in [6, 6.07) is 0. The number of ether oxygens (including phenoxy) is 1. The van der Waals surface area contributed by atoms with E-state index >= 15 is 0 Å². The molecule has 1 aromatic heterocycles. The summed E-state index contributed by atoms with van der Waals surface area (Å²) in [5.74, 6) is 0.365. The lowest BCUT2D eigenvalue weighted by Crippen LogP contribution is -2.07. The molecule has 0 aliphatic rings. The van der Waals surface area contributed by atoms with E-state index in [1.54, 1.807) is 17.8 Å². The maximum atomic E-state index is 11.3. The van der Waals surface area contributed by atoms with E-state index < -0.39 is 0 Å². The van der Waals surface area contributed by atoms with Crippen LogP contribution < -0.4 is 10.5 Å². The standard InChI is InChI=1S/C10H17N3O2/c1-3-4-5-6-9(14)15-8-7-13(2)10(11)12-8/h7H,3-6H2,1-2H3,(H2,11,12). The van der Waals surface area contributed by atoms with Gasteiger partial charge < -0.3 is 15.0 Å². The van der Waals surface area contributed by atoms with Crippen LogP contribution in [0.1, 0.15) is 32.6 Å². The number of nitrogens with two attached hydrogens (primary N) is 1. The molecular formula is C10H17N3O2. The van der Waals surface area contributed by atoms with Crippen LogP contribution in [0, 0.1) is 0 Å². The summed E-state index contributed by atoms with van der Waals surface area (Å²) in [6.45, 7) is 2.09. The largest absolute Gasteiger partial charge is 0.406 e. The maximum Gasteiger partial charge on any atom is 0.312 e. The fourth-order valence-corrected chi connectivity index (χ4v) is 1.19. The average Bonchev–Trinajstić information content (AvgIpc) is 2.46. The molecule has 1 aromatic rings. The Morgan fingerprint density at radius 2 is 2.33 bits per heavy atom. The summed E-state index contributed by atoms with van der Waals surface area (Å²) in [5, 5.41) is 0. The summed E-state index contributed by atoms with van der Waals surface area (Å²) in [6.07, 6.45) is 5.01. The molecule has 0 spiro atoms. The lowest BCUT2D eigenvalue weighted by atomic mass is 10.2. The highest BCUT2D eigenvalue weighted by Gasteiger charge is 2.08. The molecule has 0 unspecified atom stereocenters. The highest BCUT2D eigenvalue weighted by Crippen LogP contribution is 2.12. The predicted molar refractivity (Wildman–Crippen MR) is 57.4 cm³/mol. The topological polar surface area (TPSA) is 70.1 Å². The first-order chi connectivity index (χ1) is 7.13. The van der Waals surface area contributed by atoms with Gasteiger partial charge in [0.05, 0.1) is 6.20 Å². The minimum Gasteiger partial charge on any atom is -0.406 e. The van der Waals surface area contributed by atoms with Gasteiger partial charge >= 0.3 is 5.97 Å². The van der Waals surface area contributed by atoms with Gasteiger partial charge in [0.15, 0.2) is 0 Å². The van der Waals surface area contributed by atoms with Crippen molar-refractivity contribution in [3.05, 3.63) is 6.20 Å². The molecule has 1 heterocycles. The first-order valence-corrected chi connectivity index (χ1v) is 5.13. The summed E-state index contributed by atoms with van der Waals surface area (Å²) < 4.78 is 6.62. The second-order valence-corrected chi connectivity index (χ2v) is 3.48. The van der Waals surface area contributed by atoms with Crippen molar-refractivity contribution in [1.82, 2.24) is 9.55 Å². The molecule has 0 radical (unpaired) electrons. The predicted octanol–water partition coefficient (Wildman–Crippen LogP) is 1.49. The third-order valence-corrected chi connectivity index (χ3v) is 2.09. The van der Waals surface area contributed by atoms with Gasteiger partial charge in [-0.15, -0.1) is 0 Å². The zero-order chi connectivity index (χ0) is 11.3. The molecular weight excluding hydrogens is 194 g/mol. The minimum atomic E-state index is -0.249. The molecule has 0 aliphatic heterocycles. The van der Waals surface area contributed by atoms with E-state index in [2.05, 4.69) is 11.9 Å².